The van der Waals surface area contributed by atoms with Crippen LogP contribution in [0.15, 0.2) is 34.9 Å². The number of thiazole rings is 1. The predicted molar refractivity (Wildman–Crippen MR) is 111 cm³/mol. The molecule has 0 bridgehead atoms. The molecule has 4 N–H and O–H groups in total. The van der Waals surface area contributed by atoms with E-state index in [2.05, 4.69) is 19.8 Å². The number of nitrogen functional groups attached to an aromatic ring is 1. The number of nitrogens with zero attached hydrogens (tertiary/aromatic N) is 4. The van der Waals surface area contributed by atoms with Gasteiger partial charge >= 0.3 is 0 Å². The van der Waals surface area contributed by atoms with E-state index in [0.717, 1.165) is 48.1 Å². The number of aliphatic imine (C=N–C) groups is 1. The van der Waals surface area contributed by atoms with Crippen molar-refractivity contribution in [3.05, 3.63) is 35.5 Å². The number of allylic oxidation sites excluding steroid dienone is 1. The number of hydrogen-bond acceptors (Lipinski definition) is 8. The fourth-order valence-electron chi connectivity index (χ4n) is 3.11. The third-order valence-corrected chi connectivity index (χ3v) is 5.25. The van der Waals surface area contributed by atoms with Crippen LogP contribution in [0, 0.1) is 0 Å². The Morgan fingerprint density at radius 2 is 2.00 bits per heavy atom. The van der Waals surface area contributed by atoms with Crippen LogP contribution in [0.5, 0.6) is 5.75 Å². The summed E-state index contributed by atoms with van der Waals surface area (Å²) >= 11 is 1.67. The van der Waals surface area contributed by atoms with E-state index in [1.807, 2.05) is 23.7 Å². The molecule has 1 aromatic heterocycles. The van der Waals surface area contributed by atoms with Gasteiger partial charge in [0.05, 0.1) is 12.8 Å². The van der Waals surface area contributed by atoms with Crippen molar-refractivity contribution >= 4 is 39.6 Å². The summed E-state index contributed by atoms with van der Waals surface area (Å²) in [5.74, 6) is 0.663. The lowest BCUT2D eigenvalue weighted by molar-refractivity contribution is 0.417. The van der Waals surface area contributed by atoms with E-state index in [1.54, 1.807) is 37.9 Å². The molecule has 0 unspecified atom stereocenters. The summed E-state index contributed by atoms with van der Waals surface area (Å²) in [6.45, 7) is 3.56. The van der Waals surface area contributed by atoms with Gasteiger partial charge in [-0.3, -0.25) is 4.99 Å². The zero-order chi connectivity index (χ0) is 18.5. The topological polar surface area (TPSA) is 93.0 Å². The smallest absolute Gasteiger partial charge is 0.185 e. The molecule has 0 saturated carbocycles. The number of hydrogen-bond donors (Lipinski definition) is 2. The van der Waals surface area contributed by atoms with Crippen LogP contribution >= 0.6 is 11.3 Å². The summed E-state index contributed by atoms with van der Waals surface area (Å²) in [4.78, 5) is 13.2. The van der Waals surface area contributed by atoms with Gasteiger partial charge in [-0.1, -0.05) is 0 Å². The molecule has 0 aliphatic carbocycles. The average molecular weight is 372 g/mol. The van der Waals surface area contributed by atoms with Crippen molar-refractivity contribution in [2.24, 2.45) is 10.7 Å². The van der Waals surface area contributed by atoms with Crippen LogP contribution in [-0.4, -0.2) is 51.5 Å². The van der Waals surface area contributed by atoms with Gasteiger partial charge in [0.1, 0.15) is 5.75 Å². The van der Waals surface area contributed by atoms with E-state index in [4.69, 9.17) is 16.2 Å². The second-order valence-electron chi connectivity index (χ2n) is 5.91. The maximum absolute atomic E-state index is 6.13. The Hall–Kier alpha value is -2.74. The third-order valence-electron chi connectivity index (χ3n) is 4.42. The first-order chi connectivity index (χ1) is 12.7. The zero-order valence-electron chi connectivity index (χ0n) is 15.1. The first-order valence-corrected chi connectivity index (χ1v) is 9.27. The molecular weight excluding hydrogens is 348 g/mol. The van der Waals surface area contributed by atoms with Gasteiger partial charge in [-0.25, -0.2) is 4.98 Å². The highest BCUT2D eigenvalue weighted by Crippen LogP contribution is 2.36. The molecule has 1 aliphatic rings. The molecule has 0 radical (unpaired) electrons. The van der Waals surface area contributed by atoms with Crippen molar-refractivity contribution in [2.75, 3.05) is 55.9 Å². The summed E-state index contributed by atoms with van der Waals surface area (Å²) < 4.78 is 5.43. The fraction of sp³-hybridized carbons (Fsp3) is 0.333. The number of anilines is 3. The van der Waals surface area contributed by atoms with Crippen LogP contribution in [-0.2, 0) is 0 Å². The predicted octanol–water partition coefficient (Wildman–Crippen LogP) is 2.06. The highest BCUT2D eigenvalue weighted by Gasteiger charge is 2.22. The van der Waals surface area contributed by atoms with Crippen molar-refractivity contribution in [3.63, 3.8) is 0 Å². The summed E-state index contributed by atoms with van der Waals surface area (Å²) in [6, 6.07) is 3.89. The Labute approximate surface area is 157 Å². The number of ether oxygens (including phenoxy) is 1. The maximum atomic E-state index is 6.13. The number of methoxy groups -OCH3 is 1. The Bertz CT molecular complexity index is 794. The minimum atomic E-state index is 0.580. The minimum absolute atomic E-state index is 0.580. The summed E-state index contributed by atoms with van der Waals surface area (Å²) in [5.41, 5.74) is 15.4. The maximum Gasteiger partial charge on any atom is 0.185 e. The molecule has 0 amide bonds. The van der Waals surface area contributed by atoms with E-state index in [-0.39, 0.29) is 0 Å². The van der Waals surface area contributed by atoms with Crippen LogP contribution in [0.3, 0.4) is 0 Å². The Morgan fingerprint density at radius 1 is 1.27 bits per heavy atom. The van der Waals surface area contributed by atoms with E-state index in [1.165, 1.54) is 0 Å². The molecule has 0 spiro atoms. The van der Waals surface area contributed by atoms with Crippen molar-refractivity contribution in [2.45, 2.75) is 0 Å². The summed E-state index contributed by atoms with van der Waals surface area (Å²) in [5, 5.41) is 3.08. The zero-order valence-corrected chi connectivity index (χ0v) is 15.9. The van der Waals surface area contributed by atoms with Gasteiger partial charge in [0, 0.05) is 80.1 Å². The first-order valence-electron chi connectivity index (χ1n) is 8.39. The lowest BCUT2D eigenvalue weighted by Gasteiger charge is -2.37. The number of benzene rings is 1. The van der Waals surface area contributed by atoms with Crippen LogP contribution in [0.2, 0.25) is 0 Å². The Kier molecular flexibility index (Phi) is 5.62. The fourth-order valence-corrected chi connectivity index (χ4v) is 3.80. The molecule has 7 nitrogen and oxygen atoms in total. The molecule has 8 heteroatoms. The quantitative estimate of drug-likeness (QED) is 0.616. The third kappa shape index (κ3) is 3.60. The van der Waals surface area contributed by atoms with Crippen molar-refractivity contribution in [1.82, 2.24) is 4.98 Å². The number of piperazine rings is 1. The molecule has 1 aromatic carbocycles. The Morgan fingerprint density at radius 3 is 2.58 bits per heavy atom. The normalized spacial score (nSPS) is 15.7. The van der Waals surface area contributed by atoms with Crippen molar-refractivity contribution < 1.29 is 4.74 Å². The SMILES string of the molecule is CN=CC(=CN)c1cc(N)c(OC)cc1N1CCN(c2nccs2)CC1. The highest BCUT2D eigenvalue weighted by molar-refractivity contribution is 7.13. The molecule has 0 atom stereocenters. The van der Waals surface area contributed by atoms with Crippen LogP contribution < -0.4 is 26.0 Å². The van der Waals surface area contributed by atoms with Gasteiger partial charge in [-0.05, 0) is 6.07 Å². The number of nitrogens with two attached hydrogens (primary N) is 2. The van der Waals surface area contributed by atoms with Crippen molar-refractivity contribution in [1.29, 1.82) is 0 Å². The van der Waals surface area contributed by atoms with Crippen molar-refractivity contribution in [3.8, 4) is 5.75 Å². The largest absolute Gasteiger partial charge is 0.495 e. The molecule has 26 heavy (non-hydrogen) atoms. The molecule has 2 aromatic rings. The molecule has 138 valence electrons. The molecular formula is C18H24N6OS. The number of aromatic nitrogens is 1. The number of rotatable bonds is 5. The van der Waals surface area contributed by atoms with Crippen LogP contribution in [0.1, 0.15) is 5.56 Å². The molecule has 1 aliphatic heterocycles. The monoisotopic (exact) mass is 372 g/mol. The lowest BCUT2D eigenvalue weighted by atomic mass is 10.0. The Balaban J connectivity index is 1.91. The first kappa shape index (κ1) is 18.1. The average Bonchev–Trinajstić information content (AvgIpc) is 3.21. The second-order valence-corrected chi connectivity index (χ2v) is 6.78. The highest BCUT2D eigenvalue weighted by atomic mass is 32.1. The summed E-state index contributed by atoms with van der Waals surface area (Å²) in [7, 11) is 3.35. The summed E-state index contributed by atoms with van der Waals surface area (Å²) in [6.07, 6.45) is 5.15. The van der Waals surface area contributed by atoms with E-state index < -0.39 is 0 Å². The lowest BCUT2D eigenvalue weighted by Crippen LogP contribution is -2.46. The van der Waals surface area contributed by atoms with Crippen LogP contribution in [0.4, 0.5) is 16.5 Å². The van der Waals surface area contributed by atoms with Gasteiger partial charge in [0.2, 0.25) is 0 Å². The second kappa shape index (κ2) is 8.09. The molecule has 2 heterocycles. The van der Waals surface area contributed by atoms with Gasteiger partial charge in [-0.2, -0.15) is 0 Å². The van der Waals surface area contributed by atoms with Gasteiger partial charge < -0.3 is 26.0 Å². The minimum Gasteiger partial charge on any atom is -0.495 e. The van der Waals surface area contributed by atoms with Gasteiger partial charge in [0.15, 0.2) is 5.13 Å². The van der Waals surface area contributed by atoms with Gasteiger partial charge in [-0.15, -0.1) is 11.3 Å². The molecule has 1 fully saturated rings. The standard InChI is InChI=1S/C18H24N6OS/c1-21-12-13(11-19)14-9-15(20)17(25-2)10-16(14)23-4-6-24(7-5-23)18-22-3-8-26-18/h3,8-12H,4-7,19-20H2,1-2H3. The van der Waals surface area contributed by atoms with Crippen LogP contribution in [0.25, 0.3) is 5.57 Å². The molecule has 3 rings (SSSR count). The van der Waals surface area contributed by atoms with Gasteiger partial charge in [0.25, 0.3) is 0 Å². The van der Waals surface area contributed by atoms with E-state index in [9.17, 15) is 0 Å². The van der Waals surface area contributed by atoms with E-state index in [0.29, 0.717) is 11.4 Å². The van der Waals surface area contributed by atoms with E-state index >= 15 is 0 Å². The molecule has 1 saturated heterocycles.